The second-order valence-electron chi connectivity index (χ2n) is 9.30. The third kappa shape index (κ3) is 3.85. The second-order valence-corrected chi connectivity index (χ2v) is 9.69. The molecule has 0 radical (unpaired) electrons. The van der Waals surface area contributed by atoms with Gasteiger partial charge in [-0.05, 0) is 16.7 Å². The lowest BCUT2D eigenvalue weighted by molar-refractivity contribution is -0.129. The van der Waals surface area contributed by atoms with Crippen LogP contribution in [0.5, 0.6) is 0 Å². The molecule has 0 spiro atoms. The van der Waals surface area contributed by atoms with Crippen LogP contribution in [0.25, 0.3) is 10.9 Å². The number of aromatic nitrogens is 3. The fourth-order valence-corrected chi connectivity index (χ4v) is 5.46. The van der Waals surface area contributed by atoms with Gasteiger partial charge in [-0.3, -0.25) is 4.79 Å². The average molecular weight is 508 g/mol. The van der Waals surface area contributed by atoms with Gasteiger partial charge in [0.05, 0.1) is 17.4 Å². The number of likely N-dealkylation sites (N-methyl/N-ethyl adjacent to an activating group) is 1. The number of benzene rings is 3. The van der Waals surface area contributed by atoms with Crippen LogP contribution in [0.2, 0.25) is 5.15 Å². The maximum atomic E-state index is 12.6. The number of nitrogens with zero attached hydrogens (tertiary/aromatic N) is 5. The lowest BCUT2D eigenvalue weighted by Gasteiger charge is -2.37. The predicted molar refractivity (Wildman–Crippen MR) is 147 cm³/mol. The van der Waals surface area contributed by atoms with E-state index < -0.39 is 5.54 Å². The van der Waals surface area contributed by atoms with Crippen LogP contribution in [0.3, 0.4) is 0 Å². The summed E-state index contributed by atoms with van der Waals surface area (Å²) in [5.41, 5.74) is 3.22. The summed E-state index contributed by atoms with van der Waals surface area (Å²) in [6.07, 6.45) is 1.77. The van der Waals surface area contributed by atoms with Crippen LogP contribution in [0.1, 0.15) is 16.7 Å². The van der Waals surface area contributed by atoms with Crippen molar-refractivity contribution in [2.24, 2.45) is 0 Å². The number of fused-ring (bicyclic) bond motifs is 1. The zero-order valence-corrected chi connectivity index (χ0v) is 21.2. The molecule has 1 saturated heterocycles. The van der Waals surface area contributed by atoms with Crippen LogP contribution < -0.4 is 4.90 Å². The Balaban J connectivity index is 1.72. The second kappa shape index (κ2) is 9.37. The van der Waals surface area contributed by atoms with Crippen molar-refractivity contribution in [1.82, 2.24) is 19.7 Å². The standard InChI is InChI=1S/C30H26ClN5O/c1-34-17-18-35(21-28(34)37)29-25-20-32-27(31)19-26(25)36(33-29)30(22-11-5-2-6-12-22,23-13-7-3-8-14-23)24-15-9-4-10-16-24/h2-16,19-20H,17-18,21H2,1H3. The Labute approximate surface area is 220 Å². The molecule has 3 aromatic carbocycles. The zero-order chi connectivity index (χ0) is 25.4. The summed E-state index contributed by atoms with van der Waals surface area (Å²) in [6, 6.07) is 33.1. The number of rotatable bonds is 5. The highest BCUT2D eigenvalue weighted by Gasteiger charge is 2.41. The molecule has 1 aliphatic rings. The normalized spacial score (nSPS) is 14.4. The molecular formula is C30H26ClN5O. The fraction of sp³-hybridized carbons (Fsp3) is 0.167. The van der Waals surface area contributed by atoms with Crippen molar-refractivity contribution in [1.29, 1.82) is 0 Å². The summed E-state index contributed by atoms with van der Waals surface area (Å²) in [5, 5.41) is 6.53. The van der Waals surface area contributed by atoms with Crippen LogP contribution in [-0.2, 0) is 10.3 Å². The first kappa shape index (κ1) is 23.3. The number of hydrogen-bond acceptors (Lipinski definition) is 4. The smallest absolute Gasteiger partial charge is 0.241 e. The van der Waals surface area contributed by atoms with Gasteiger partial charge in [-0.15, -0.1) is 0 Å². The van der Waals surface area contributed by atoms with E-state index in [0.29, 0.717) is 18.2 Å². The Morgan fingerprint density at radius 2 is 1.35 bits per heavy atom. The fourth-order valence-electron chi connectivity index (χ4n) is 5.30. The molecule has 0 aliphatic carbocycles. The monoisotopic (exact) mass is 507 g/mol. The number of pyridine rings is 1. The molecule has 0 saturated carbocycles. The van der Waals surface area contributed by atoms with Crippen molar-refractivity contribution in [2.45, 2.75) is 5.54 Å². The molecule has 1 fully saturated rings. The molecule has 1 amide bonds. The Hall–Kier alpha value is -4.16. The van der Waals surface area contributed by atoms with Crippen LogP contribution in [0.15, 0.2) is 103 Å². The maximum Gasteiger partial charge on any atom is 0.241 e. The highest BCUT2D eigenvalue weighted by molar-refractivity contribution is 6.30. The number of halogens is 1. The molecule has 1 aliphatic heterocycles. The van der Waals surface area contributed by atoms with Gasteiger partial charge in [0.15, 0.2) is 5.82 Å². The summed E-state index contributed by atoms with van der Waals surface area (Å²) in [4.78, 5) is 20.9. The first-order valence-corrected chi connectivity index (χ1v) is 12.7. The molecular weight excluding hydrogens is 482 g/mol. The third-order valence-corrected chi connectivity index (χ3v) is 7.37. The quantitative estimate of drug-likeness (QED) is 0.242. The van der Waals surface area contributed by atoms with Gasteiger partial charge in [0.2, 0.25) is 5.91 Å². The van der Waals surface area contributed by atoms with E-state index in [4.69, 9.17) is 16.7 Å². The van der Waals surface area contributed by atoms with Crippen LogP contribution in [-0.4, -0.2) is 52.3 Å². The summed E-state index contributed by atoms with van der Waals surface area (Å²) in [6.45, 7) is 1.58. The van der Waals surface area contributed by atoms with E-state index in [1.165, 1.54) is 0 Å². The molecule has 6 rings (SSSR count). The van der Waals surface area contributed by atoms with Gasteiger partial charge >= 0.3 is 0 Å². The maximum absolute atomic E-state index is 12.6. The van der Waals surface area contributed by atoms with Crippen molar-refractivity contribution >= 4 is 34.2 Å². The van der Waals surface area contributed by atoms with Crippen LogP contribution in [0.4, 0.5) is 5.82 Å². The number of amides is 1. The van der Waals surface area contributed by atoms with Gasteiger partial charge in [0.1, 0.15) is 10.7 Å². The molecule has 7 heteroatoms. The topological polar surface area (TPSA) is 54.3 Å². The summed E-state index contributed by atoms with van der Waals surface area (Å²) in [7, 11) is 1.84. The SMILES string of the molecule is CN1CCN(c2nn(C(c3ccccc3)(c3ccccc3)c3ccccc3)c3cc(Cl)ncc23)CC1=O. The van der Waals surface area contributed by atoms with Gasteiger partial charge in [-0.1, -0.05) is 103 Å². The number of carbonyl (C=O) groups excluding carboxylic acids is 1. The van der Waals surface area contributed by atoms with E-state index >= 15 is 0 Å². The molecule has 0 bridgehead atoms. The molecule has 5 aromatic rings. The van der Waals surface area contributed by atoms with Crippen molar-refractivity contribution < 1.29 is 4.79 Å². The Morgan fingerprint density at radius 3 is 1.86 bits per heavy atom. The molecule has 6 nitrogen and oxygen atoms in total. The Kier molecular flexibility index (Phi) is 5.89. The Bertz CT molecular complexity index is 1460. The molecule has 0 atom stereocenters. The van der Waals surface area contributed by atoms with Crippen molar-refractivity contribution in [2.75, 3.05) is 31.6 Å². The molecule has 3 heterocycles. The van der Waals surface area contributed by atoms with Crippen LogP contribution in [0, 0.1) is 0 Å². The highest BCUT2D eigenvalue weighted by Crippen LogP contribution is 2.44. The molecule has 0 N–H and O–H groups in total. The zero-order valence-electron chi connectivity index (χ0n) is 20.5. The lowest BCUT2D eigenvalue weighted by Crippen LogP contribution is -2.49. The third-order valence-electron chi connectivity index (χ3n) is 7.16. The number of hydrogen-bond donors (Lipinski definition) is 0. The predicted octanol–water partition coefficient (Wildman–Crippen LogP) is 5.20. The summed E-state index contributed by atoms with van der Waals surface area (Å²) in [5.74, 6) is 0.795. The van der Waals surface area contributed by atoms with Crippen molar-refractivity contribution in [3.8, 4) is 0 Å². The van der Waals surface area contributed by atoms with E-state index in [1.807, 2.05) is 36.2 Å². The minimum atomic E-state index is -0.804. The lowest BCUT2D eigenvalue weighted by atomic mass is 9.77. The highest BCUT2D eigenvalue weighted by atomic mass is 35.5. The minimum Gasteiger partial charge on any atom is -0.343 e. The number of anilines is 1. The first-order chi connectivity index (χ1) is 18.1. The van der Waals surface area contributed by atoms with E-state index in [2.05, 4.69) is 82.5 Å². The van der Waals surface area contributed by atoms with E-state index in [-0.39, 0.29) is 12.5 Å². The largest absolute Gasteiger partial charge is 0.343 e. The minimum absolute atomic E-state index is 0.0660. The average Bonchev–Trinajstić information content (AvgIpc) is 3.31. The van der Waals surface area contributed by atoms with Gasteiger partial charge in [0, 0.05) is 32.4 Å². The van der Waals surface area contributed by atoms with Crippen molar-refractivity contribution in [3.05, 3.63) is 125 Å². The molecule has 37 heavy (non-hydrogen) atoms. The molecule has 184 valence electrons. The number of carbonyl (C=O) groups is 1. The van der Waals surface area contributed by atoms with E-state index in [0.717, 1.165) is 33.4 Å². The first-order valence-electron chi connectivity index (χ1n) is 12.3. The number of piperazine rings is 1. The molecule has 0 unspecified atom stereocenters. The molecule has 2 aromatic heterocycles. The Morgan fingerprint density at radius 1 is 0.811 bits per heavy atom. The van der Waals surface area contributed by atoms with E-state index in [1.54, 1.807) is 11.1 Å². The summed E-state index contributed by atoms with van der Waals surface area (Å²) >= 11 is 6.49. The van der Waals surface area contributed by atoms with Gasteiger partial charge in [0.25, 0.3) is 0 Å². The van der Waals surface area contributed by atoms with Gasteiger partial charge < -0.3 is 9.80 Å². The van der Waals surface area contributed by atoms with Gasteiger partial charge in [-0.2, -0.15) is 5.10 Å². The van der Waals surface area contributed by atoms with E-state index in [9.17, 15) is 4.79 Å². The van der Waals surface area contributed by atoms with Gasteiger partial charge in [-0.25, -0.2) is 9.67 Å². The summed E-state index contributed by atoms with van der Waals surface area (Å²) < 4.78 is 2.06. The van der Waals surface area contributed by atoms with Crippen molar-refractivity contribution in [3.63, 3.8) is 0 Å². The van der Waals surface area contributed by atoms with Crippen LogP contribution >= 0.6 is 11.6 Å².